The van der Waals surface area contributed by atoms with Crippen LogP contribution in [0.5, 0.6) is 0 Å². The minimum Gasteiger partial charge on any atom is -0.378 e. The molecule has 1 aliphatic heterocycles. The van der Waals surface area contributed by atoms with E-state index in [1.54, 1.807) is 7.11 Å². The van der Waals surface area contributed by atoms with E-state index >= 15 is 0 Å². The van der Waals surface area contributed by atoms with Crippen molar-refractivity contribution in [2.45, 2.75) is 51.2 Å². The number of hydrogen-bond acceptors (Lipinski definition) is 5. The Kier molecular flexibility index (Phi) is 4.36. The summed E-state index contributed by atoms with van der Waals surface area (Å²) in [7, 11) is 1.64. The van der Waals surface area contributed by atoms with E-state index in [9.17, 15) is 4.79 Å². The molecule has 1 aromatic heterocycles. The average Bonchev–Trinajstić information content (AvgIpc) is 3.18. The number of rotatable bonds is 5. The Hall–Kier alpha value is -0.940. The van der Waals surface area contributed by atoms with Crippen LogP contribution >= 0.6 is 11.3 Å². The molecule has 0 amide bonds. The number of nitrogens with zero attached hydrogens (tertiary/aromatic N) is 2. The molecule has 0 bridgehead atoms. The van der Waals surface area contributed by atoms with Crippen molar-refractivity contribution in [3.05, 3.63) is 10.6 Å². The monoisotopic (exact) mass is 294 g/mol. The first-order valence-electron chi connectivity index (χ1n) is 7.54. The van der Waals surface area contributed by atoms with E-state index in [2.05, 4.69) is 9.88 Å². The third kappa shape index (κ3) is 2.61. The van der Waals surface area contributed by atoms with E-state index in [1.165, 1.54) is 49.9 Å². The number of carbonyl (C=O) groups is 1. The maximum absolute atomic E-state index is 11.2. The number of carbonyl (C=O) groups excluding carboxylic acids is 1. The zero-order valence-corrected chi connectivity index (χ0v) is 12.8. The van der Waals surface area contributed by atoms with Crippen LogP contribution in [0.4, 0.5) is 5.13 Å². The summed E-state index contributed by atoms with van der Waals surface area (Å²) in [6, 6.07) is 0.638. The summed E-state index contributed by atoms with van der Waals surface area (Å²) >= 11 is 1.53. The fourth-order valence-corrected chi connectivity index (χ4v) is 4.63. The SMILES string of the molecule is COCc1nc(N2CCCC2C2CCCC2)sc1C=O. The van der Waals surface area contributed by atoms with Gasteiger partial charge >= 0.3 is 0 Å². The van der Waals surface area contributed by atoms with Gasteiger partial charge in [-0.05, 0) is 31.6 Å². The Balaban J connectivity index is 1.81. The number of aromatic nitrogens is 1. The standard InChI is InChI=1S/C15H22N2O2S/c1-19-10-12-14(9-18)20-15(16-12)17-8-4-7-13(17)11-5-2-3-6-11/h9,11,13H,2-8,10H2,1H3. The topological polar surface area (TPSA) is 42.4 Å². The van der Waals surface area contributed by atoms with Crippen LogP contribution in [0.25, 0.3) is 0 Å². The zero-order chi connectivity index (χ0) is 13.9. The highest BCUT2D eigenvalue weighted by Crippen LogP contribution is 2.39. The highest BCUT2D eigenvalue weighted by Gasteiger charge is 2.35. The smallest absolute Gasteiger partial charge is 0.186 e. The van der Waals surface area contributed by atoms with E-state index in [0.29, 0.717) is 12.6 Å². The van der Waals surface area contributed by atoms with Gasteiger partial charge in [0.1, 0.15) is 0 Å². The van der Waals surface area contributed by atoms with Crippen molar-refractivity contribution in [2.24, 2.45) is 5.92 Å². The van der Waals surface area contributed by atoms with E-state index in [-0.39, 0.29) is 0 Å². The molecule has 0 spiro atoms. The van der Waals surface area contributed by atoms with Gasteiger partial charge in [-0.3, -0.25) is 4.79 Å². The first kappa shape index (κ1) is 14.0. The first-order valence-corrected chi connectivity index (χ1v) is 8.35. The molecule has 4 nitrogen and oxygen atoms in total. The molecule has 20 heavy (non-hydrogen) atoms. The van der Waals surface area contributed by atoms with Gasteiger partial charge in [0, 0.05) is 19.7 Å². The van der Waals surface area contributed by atoms with Gasteiger partial charge in [0.2, 0.25) is 0 Å². The molecule has 110 valence electrons. The molecule has 2 aliphatic rings. The summed E-state index contributed by atoms with van der Waals surface area (Å²) in [4.78, 5) is 19.0. The summed E-state index contributed by atoms with van der Waals surface area (Å²) in [5.41, 5.74) is 0.791. The highest BCUT2D eigenvalue weighted by atomic mass is 32.1. The Morgan fingerprint density at radius 3 is 2.85 bits per heavy atom. The largest absolute Gasteiger partial charge is 0.378 e. The van der Waals surface area contributed by atoms with E-state index < -0.39 is 0 Å². The molecule has 3 rings (SSSR count). The zero-order valence-electron chi connectivity index (χ0n) is 12.0. The molecular formula is C15H22N2O2S. The Labute approximate surface area is 124 Å². The van der Waals surface area contributed by atoms with E-state index in [4.69, 9.17) is 4.74 Å². The van der Waals surface area contributed by atoms with E-state index in [1.807, 2.05) is 0 Å². The second kappa shape index (κ2) is 6.22. The van der Waals surface area contributed by atoms with Crippen molar-refractivity contribution < 1.29 is 9.53 Å². The van der Waals surface area contributed by atoms with Crippen LogP contribution in [0.1, 0.15) is 53.9 Å². The maximum Gasteiger partial charge on any atom is 0.186 e. The second-order valence-electron chi connectivity index (χ2n) is 5.81. The Morgan fingerprint density at radius 1 is 1.35 bits per heavy atom. The number of ether oxygens (including phenoxy) is 1. The lowest BCUT2D eigenvalue weighted by Gasteiger charge is -2.29. The fourth-order valence-electron chi connectivity index (χ4n) is 3.67. The van der Waals surface area contributed by atoms with Gasteiger partial charge in [-0.25, -0.2) is 4.98 Å². The molecule has 0 radical (unpaired) electrons. The minimum absolute atomic E-state index is 0.423. The number of thiazole rings is 1. The number of anilines is 1. The molecule has 0 N–H and O–H groups in total. The van der Waals surface area contributed by atoms with Gasteiger partial charge in [-0.2, -0.15) is 0 Å². The highest BCUT2D eigenvalue weighted by molar-refractivity contribution is 7.17. The molecule has 1 aromatic rings. The number of aldehydes is 1. The minimum atomic E-state index is 0.423. The average molecular weight is 294 g/mol. The lowest BCUT2D eigenvalue weighted by molar-refractivity contribution is 0.112. The van der Waals surface area contributed by atoms with Gasteiger partial charge in [-0.15, -0.1) is 0 Å². The summed E-state index contributed by atoms with van der Waals surface area (Å²) < 4.78 is 5.14. The van der Waals surface area contributed by atoms with Gasteiger partial charge in [-0.1, -0.05) is 24.2 Å². The Morgan fingerprint density at radius 2 is 2.15 bits per heavy atom. The van der Waals surface area contributed by atoms with Crippen LogP contribution < -0.4 is 4.90 Å². The van der Waals surface area contributed by atoms with Crippen molar-refractivity contribution in [1.82, 2.24) is 4.98 Å². The third-order valence-corrected chi connectivity index (χ3v) is 5.65. The molecule has 1 unspecified atom stereocenters. The molecule has 1 aliphatic carbocycles. The molecule has 1 saturated heterocycles. The van der Waals surface area contributed by atoms with Crippen LogP contribution in [-0.2, 0) is 11.3 Å². The third-order valence-electron chi connectivity index (χ3n) is 4.59. The summed E-state index contributed by atoms with van der Waals surface area (Å²) in [6.07, 6.45) is 8.91. The molecule has 1 saturated carbocycles. The van der Waals surface area contributed by atoms with Gasteiger partial charge in [0.25, 0.3) is 0 Å². The lowest BCUT2D eigenvalue weighted by atomic mass is 9.96. The van der Waals surface area contributed by atoms with E-state index in [0.717, 1.165) is 34.5 Å². The van der Waals surface area contributed by atoms with Crippen LogP contribution in [0.15, 0.2) is 0 Å². The molecule has 0 aromatic carbocycles. The fraction of sp³-hybridized carbons (Fsp3) is 0.733. The number of hydrogen-bond donors (Lipinski definition) is 0. The maximum atomic E-state index is 11.2. The normalized spacial score (nSPS) is 23.6. The number of methoxy groups -OCH3 is 1. The van der Waals surface area contributed by atoms with Crippen molar-refractivity contribution >= 4 is 22.8 Å². The van der Waals surface area contributed by atoms with Crippen molar-refractivity contribution in [1.29, 1.82) is 0 Å². The van der Waals surface area contributed by atoms with Crippen molar-refractivity contribution in [3.63, 3.8) is 0 Å². The molecule has 2 heterocycles. The van der Waals surface area contributed by atoms with Gasteiger partial charge in [0.05, 0.1) is 17.2 Å². The van der Waals surface area contributed by atoms with Crippen LogP contribution in [0.3, 0.4) is 0 Å². The molecular weight excluding hydrogens is 272 g/mol. The van der Waals surface area contributed by atoms with Crippen molar-refractivity contribution in [2.75, 3.05) is 18.6 Å². The summed E-state index contributed by atoms with van der Waals surface area (Å²) in [5, 5.41) is 1.02. The second-order valence-corrected chi connectivity index (χ2v) is 6.81. The van der Waals surface area contributed by atoms with Crippen LogP contribution in [-0.4, -0.2) is 31.0 Å². The molecule has 5 heteroatoms. The lowest BCUT2D eigenvalue weighted by Crippen LogP contribution is -2.34. The van der Waals surface area contributed by atoms with Gasteiger partial charge in [0.15, 0.2) is 11.4 Å². The van der Waals surface area contributed by atoms with Crippen LogP contribution in [0.2, 0.25) is 0 Å². The van der Waals surface area contributed by atoms with Crippen LogP contribution in [0, 0.1) is 5.92 Å². The predicted molar refractivity (Wildman–Crippen MR) is 80.5 cm³/mol. The molecule has 2 fully saturated rings. The molecule has 1 atom stereocenters. The quantitative estimate of drug-likeness (QED) is 0.782. The Bertz CT molecular complexity index is 468. The van der Waals surface area contributed by atoms with Gasteiger partial charge < -0.3 is 9.64 Å². The van der Waals surface area contributed by atoms with Crippen molar-refractivity contribution in [3.8, 4) is 0 Å². The summed E-state index contributed by atoms with van der Waals surface area (Å²) in [5.74, 6) is 0.826. The first-order chi connectivity index (χ1) is 9.83. The summed E-state index contributed by atoms with van der Waals surface area (Å²) in [6.45, 7) is 1.51. The predicted octanol–water partition coefficient (Wildman–Crippen LogP) is 3.26.